The standard InChI is InChI=1S/C11H22N4O3/c1-14(4-2-3-12)10(16)7-15-5-6-18-8-9(15)11(13)17/h9H,2-8,12H2,1H3,(H2,13,17). The van der Waals surface area contributed by atoms with Crippen molar-refractivity contribution in [3.63, 3.8) is 0 Å². The van der Waals surface area contributed by atoms with Gasteiger partial charge in [-0.2, -0.15) is 0 Å². The number of carbonyl (C=O) groups is 2. The van der Waals surface area contributed by atoms with Crippen LogP contribution in [0.3, 0.4) is 0 Å². The Morgan fingerprint density at radius 3 is 2.83 bits per heavy atom. The summed E-state index contributed by atoms with van der Waals surface area (Å²) in [5.74, 6) is -0.483. The van der Waals surface area contributed by atoms with Crippen molar-refractivity contribution < 1.29 is 14.3 Å². The fraction of sp³-hybridized carbons (Fsp3) is 0.818. The molecule has 0 aromatic heterocycles. The molecule has 0 radical (unpaired) electrons. The lowest BCUT2D eigenvalue weighted by molar-refractivity contribution is -0.137. The summed E-state index contributed by atoms with van der Waals surface area (Å²) in [5.41, 5.74) is 10.7. The Bertz CT molecular complexity index is 298. The lowest BCUT2D eigenvalue weighted by Gasteiger charge is -2.33. The fourth-order valence-corrected chi connectivity index (χ4v) is 1.84. The highest BCUT2D eigenvalue weighted by molar-refractivity contribution is 5.82. The highest BCUT2D eigenvalue weighted by Crippen LogP contribution is 2.06. The van der Waals surface area contributed by atoms with Crippen molar-refractivity contribution in [1.82, 2.24) is 9.80 Å². The number of hydrogen-bond acceptors (Lipinski definition) is 5. The van der Waals surface area contributed by atoms with E-state index in [9.17, 15) is 9.59 Å². The quantitative estimate of drug-likeness (QED) is 0.572. The molecule has 0 saturated carbocycles. The molecule has 104 valence electrons. The summed E-state index contributed by atoms with van der Waals surface area (Å²) < 4.78 is 5.20. The van der Waals surface area contributed by atoms with Gasteiger partial charge in [0.25, 0.3) is 0 Å². The van der Waals surface area contributed by atoms with E-state index in [0.717, 1.165) is 6.42 Å². The molecule has 1 heterocycles. The average molecular weight is 258 g/mol. The van der Waals surface area contributed by atoms with Crippen LogP contribution in [-0.4, -0.2) is 74.1 Å². The summed E-state index contributed by atoms with van der Waals surface area (Å²) in [6.07, 6.45) is 0.768. The van der Waals surface area contributed by atoms with E-state index in [-0.39, 0.29) is 19.1 Å². The molecule has 1 fully saturated rings. The van der Waals surface area contributed by atoms with Crippen LogP contribution in [-0.2, 0) is 14.3 Å². The van der Waals surface area contributed by atoms with E-state index in [4.69, 9.17) is 16.2 Å². The summed E-state index contributed by atoms with van der Waals surface area (Å²) in [5, 5.41) is 0. The Hall–Kier alpha value is -1.18. The van der Waals surface area contributed by atoms with Gasteiger partial charge in [0.1, 0.15) is 6.04 Å². The third-order valence-electron chi connectivity index (χ3n) is 3.03. The monoisotopic (exact) mass is 258 g/mol. The highest BCUT2D eigenvalue weighted by Gasteiger charge is 2.29. The molecule has 2 amide bonds. The lowest BCUT2D eigenvalue weighted by atomic mass is 10.2. The van der Waals surface area contributed by atoms with Gasteiger partial charge < -0.3 is 21.1 Å². The number of primary amides is 1. The van der Waals surface area contributed by atoms with Crippen LogP contribution in [0.25, 0.3) is 0 Å². The minimum absolute atomic E-state index is 0.0309. The van der Waals surface area contributed by atoms with E-state index in [2.05, 4.69) is 0 Å². The van der Waals surface area contributed by atoms with Crippen molar-refractivity contribution in [2.75, 3.05) is 46.4 Å². The second-order valence-electron chi connectivity index (χ2n) is 4.42. The molecule has 1 aliphatic heterocycles. The third-order valence-corrected chi connectivity index (χ3v) is 3.03. The molecule has 0 aliphatic carbocycles. The first-order chi connectivity index (χ1) is 8.56. The van der Waals surface area contributed by atoms with Crippen LogP contribution in [0, 0.1) is 0 Å². The molecule has 0 spiro atoms. The first-order valence-electron chi connectivity index (χ1n) is 6.11. The maximum Gasteiger partial charge on any atom is 0.237 e. The molecule has 7 nitrogen and oxygen atoms in total. The first-order valence-corrected chi connectivity index (χ1v) is 6.11. The number of rotatable bonds is 6. The Morgan fingerprint density at radius 2 is 2.22 bits per heavy atom. The Kier molecular flexibility index (Phi) is 6.03. The zero-order valence-corrected chi connectivity index (χ0v) is 10.8. The van der Waals surface area contributed by atoms with Gasteiger partial charge >= 0.3 is 0 Å². The third kappa shape index (κ3) is 4.25. The number of nitrogens with zero attached hydrogens (tertiary/aromatic N) is 2. The van der Waals surface area contributed by atoms with Gasteiger partial charge in [-0.1, -0.05) is 0 Å². The first kappa shape index (κ1) is 14.9. The summed E-state index contributed by atoms with van der Waals surface area (Å²) >= 11 is 0. The summed E-state index contributed by atoms with van der Waals surface area (Å²) in [7, 11) is 1.73. The van der Waals surface area contributed by atoms with E-state index >= 15 is 0 Å². The van der Waals surface area contributed by atoms with Crippen LogP contribution in [0.2, 0.25) is 0 Å². The smallest absolute Gasteiger partial charge is 0.237 e. The van der Waals surface area contributed by atoms with Gasteiger partial charge in [0, 0.05) is 20.1 Å². The lowest BCUT2D eigenvalue weighted by Crippen LogP contribution is -2.55. The fourth-order valence-electron chi connectivity index (χ4n) is 1.84. The van der Waals surface area contributed by atoms with E-state index in [1.165, 1.54) is 0 Å². The molecule has 0 bridgehead atoms. The minimum Gasteiger partial charge on any atom is -0.378 e. The zero-order chi connectivity index (χ0) is 13.5. The Morgan fingerprint density at radius 1 is 1.50 bits per heavy atom. The molecule has 1 unspecified atom stereocenters. The molecule has 1 saturated heterocycles. The topological polar surface area (TPSA) is 102 Å². The molecule has 1 rings (SSSR count). The molecule has 1 aliphatic rings. The number of ether oxygens (including phenoxy) is 1. The molecule has 0 aromatic carbocycles. The van der Waals surface area contributed by atoms with Crippen LogP contribution in [0.1, 0.15) is 6.42 Å². The number of likely N-dealkylation sites (N-methyl/N-ethyl adjacent to an activating group) is 1. The number of amides is 2. The SMILES string of the molecule is CN(CCCN)C(=O)CN1CCOCC1C(N)=O. The molecule has 7 heteroatoms. The normalized spacial score (nSPS) is 20.7. The molecule has 4 N–H and O–H groups in total. The molecular formula is C11H22N4O3. The van der Waals surface area contributed by atoms with Gasteiger partial charge in [-0.25, -0.2) is 0 Å². The van der Waals surface area contributed by atoms with E-state index in [0.29, 0.717) is 26.2 Å². The second-order valence-corrected chi connectivity index (χ2v) is 4.42. The van der Waals surface area contributed by atoms with Crippen molar-refractivity contribution in [1.29, 1.82) is 0 Å². The predicted octanol–water partition coefficient (Wildman–Crippen LogP) is -2.02. The molecule has 1 atom stereocenters. The predicted molar refractivity (Wildman–Crippen MR) is 66.7 cm³/mol. The zero-order valence-electron chi connectivity index (χ0n) is 10.8. The van der Waals surface area contributed by atoms with E-state index in [1.54, 1.807) is 16.8 Å². The number of morpholine rings is 1. The van der Waals surface area contributed by atoms with Crippen LogP contribution in [0.4, 0.5) is 0 Å². The summed E-state index contributed by atoms with van der Waals surface area (Å²) in [6, 6.07) is -0.509. The molecular weight excluding hydrogens is 236 g/mol. The van der Waals surface area contributed by atoms with Crippen LogP contribution in [0.5, 0.6) is 0 Å². The van der Waals surface area contributed by atoms with Crippen LogP contribution >= 0.6 is 0 Å². The van der Waals surface area contributed by atoms with Crippen LogP contribution < -0.4 is 11.5 Å². The van der Waals surface area contributed by atoms with Gasteiger partial charge in [-0.15, -0.1) is 0 Å². The average Bonchev–Trinajstić information content (AvgIpc) is 2.36. The van der Waals surface area contributed by atoms with Crippen molar-refractivity contribution in [2.45, 2.75) is 12.5 Å². The summed E-state index contributed by atoms with van der Waals surface area (Å²) in [4.78, 5) is 26.6. The van der Waals surface area contributed by atoms with E-state index in [1.807, 2.05) is 0 Å². The van der Waals surface area contributed by atoms with E-state index < -0.39 is 11.9 Å². The highest BCUT2D eigenvalue weighted by atomic mass is 16.5. The Labute approximate surface area is 107 Å². The van der Waals surface area contributed by atoms with Crippen molar-refractivity contribution in [3.05, 3.63) is 0 Å². The summed E-state index contributed by atoms with van der Waals surface area (Å²) in [6.45, 7) is 2.70. The number of hydrogen-bond donors (Lipinski definition) is 2. The molecule has 18 heavy (non-hydrogen) atoms. The van der Waals surface area contributed by atoms with Crippen molar-refractivity contribution >= 4 is 11.8 Å². The van der Waals surface area contributed by atoms with Gasteiger partial charge in [0.2, 0.25) is 11.8 Å². The van der Waals surface area contributed by atoms with Gasteiger partial charge in [0.15, 0.2) is 0 Å². The number of carbonyl (C=O) groups excluding carboxylic acids is 2. The van der Waals surface area contributed by atoms with Crippen molar-refractivity contribution in [3.8, 4) is 0 Å². The van der Waals surface area contributed by atoms with Gasteiger partial charge in [-0.3, -0.25) is 14.5 Å². The largest absolute Gasteiger partial charge is 0.378 e. The minimum atomic E-state index is -0.509. The number of nitrogens with two attached hydrogens (primary N) is 2. The molecule has 0 aromatic rings. The van der Waals surface area contributed by atoms with Crippen molar-refractivity contribution in [2.24, 2.45) is 11.5 Å². The van der Waals surface area contributed by atoms with Gasteiger partial charge in [0.05, 0.1) is 19.8 Å². The van der Waals surface area contributed by atoms with Gasteiger partial charge in [-0.05, 0) is 13.0 Å². The maximum atomic E-state index is 11.9. The Balaban J connectivity index is 2.48. The maximum absolute atomic E-state index is 11.9. The second kappa shape index (κ2) is 7.30. The van der Waals surface area contributed by atoms with Crippen LogP contribution in [0.15, 0.2) is 0 Å².